The molecule has 0 spiro atoms. The number of rotatable bonds is 6. The lowest BCUT2D eigenvalue weighted by molar-refractivity contribution is 0.242. The maximum atomic E-state index is 12.3. The average molecular weight is 381 g/mol. The van der Waals surface area contributed by atoms with Crippen LogP contribution in [0.15, 0.2) is 46.4 Å². The molecule has 0 saturated carbocycles. The average Bonchev–Trinajstić information content (AvgIpc) is 2.49. The summed E-state index contributed by atoms with van der Waals surface area (Å²) in [5, 5.41) is 4.26. The lowest BCUT2D eigenvalue weighted by Gasteiger charge is -2.11. The largest absolute Gasteiger partial charge is 0.489 e. The van der Waals surface area contributed by atoms with Gasteiger partial charge in [-0.15, -0.1) is 0 Å². The monoisotopic (exact) mass is 380 g/mol. The minimum absolute atomic E-state index is 0.0153. The van der Waals surface area contributed by atoms with Gasteiger partial charge in [-0.05, 0) is 63.1 Å². The number of hydrogen-bond acceptors (Lipinski definition) is 4. The summed E-state index contributed by atoms with van der Waals surface area (Å²) < 4.78 is 30.2. The van der Waals surface area contributed by atoms with Crippen LogP contribution in [0.3, 0.4) is 0 Å². The number of nitrogens with zero attached hydrogens (tertiary/aromatic N) is 1. The Labute approximate surface area is 153 Å². The van der Waals surface area contributed by atoms with Gasteiger partial charge in [-0.25, -0.2) is 4.83 Å². The number of benzene rings is 2. The molecule has 2 rings (SSSR count). The molecule has 0 radical (unpaired) electrons. The highest BCUT2D eigenvalue weighted by Gasteiger charge is 2.15. The minimum Gasteiger partial charge on any atom is -0.489 e. The Kier molecular flexibility index (Phi) is 6.08. The van der Waals surface area contributed by atoms with E-state index in [4.69, 9.17) is 16.3 Å². The summed E-state index contributed by atoms with van der Waals surface area (Å²) in [5.74, 6) is 0.574. The van der Waals surface area contributed by atoms with Crippen molar-refractivity contribution in [3.8, 4) is 5.75 Å². The molecule has 0 aromatic heterocycles. The first-order valence-corrected chi connectivity index (χ1v) is 9.63. The maximum absolute atomic E-state index is 12.3. The van der Waals surface area contributed by atoms with E-state index in [2.05, 4.69) is 9.93 Å². The third-order valence-corrected chi connectivity index (χ3v) is 5.00. The van der Waals surface area contributed by atoms with Gasteiger partial charge in [-0.3, -0.25) is 0 Å². The molecule has 0 unspecified atom stereocenters. The van der Waals surface area contributed by atoms with Crippen LogP contribution in [0.5, 0.6) is 5.75 Å². The fourth-order valence-electron chi connectivity index (χ4n) is 2.27. The van der Waals surface area contributed by atoms with Gasteiger partial charge in [0.25, 0.3) is 10.0 Å². The lowest BCUT2D eigenvalue weighted by Crippen LogP contribution is -2.19. The summed E-state index contributed by atoms with van der Waals surface area (Å²) in [6.07, 6.45) is 1.41. The first-order chi connectivity index (χ1) is 11.7. The summed E-state index contributed by atoms with van der Waals surface area (Å²) in [5.41, 5.74) is 2.32. The molecule has 134 valence electrons. The first kappa shape index (κ1) is 19.3. The highest BCUT2D eigenvalue weighted by Crippen LogP contribution is 2.25. The van der Waals surface area contributed by atoms with Crippen LogP contribution in [-0.4, -0.2) is 20.7 Å². The van der Waals surface area contributed by atoms with Crippen molar-refractivity contribution >= 4 is 27.8 Å². The molecule has 0 fully saturated rings. The predicted octanol–water partition coefficient (Wildman–Crippen LogP) is 4.06. The van der Waals surface area contributed by atoms with Crippen molar-refractivity contribution in [2.45, 2.75) is 38.7 Å². The van der Waals surface area contributed by atoms with Gasteiger partial charge in [0.1, 0.15) is 5.75 Å². The normalized spacial score (nSPS) is 11.9. The summed E-state index contributed by atoms with van der Waals surface area (Å²) >= 11 is 6.15. The Morgan fingerprint density at radius 3 is 2.48 bits per heavy atom. The van der Waals surface area contributed by atoms with Gasteiger partial charge in [-0.2, -0.15) is 13.5 Å². The number of ether oxygens (including phenoxy) is 1. The smallest absolute Gasteiger partial charge is 0.276 e. The zero-order valence-corrected chi connectivity index (χ0v) is 16.1. The fourth-order valence-corrected chi connectivity index (χ4v) is 3.52. The van der Waals surface area contributed by atoms with Gasteiger partial charge in [0.15, 0.2) is 0 Å². The van der Waals surface area contributed by atoms with E-state index in [9.17, 15) is 8.42 Å². The van der Waals surface area contributed by atoms with Crippen molar-refractivity contribution in [1.29, 1.82) is 0 Å². The van der Waals surface area contributed by atoms with E-state index in [0.29, 0.717) is 21.9 Å². The topological polar surface area (TPSA) is 67.8 Å². The summed E-state index contributed by atoms with van der Waals surface area (Å²) in [6, 6.07) is 10.3. The second-order valence-electron chi connectivity index (χ2n) is 5.98. The molecule has 5 nitrogen and oxygen atoms in total. The molecule has 7 heteroatoms. The lowest BCUT2D eigenvalue weighted by atomic mass is 10.2. The minimum atomic E-state index is -3.72. The van der Waals surface area contributed by atoms with Gasteiger partial charge in [0, 0.05) is 0 Å². The quantitative estimate of drug-likeness (QED) is 0.607. The molecular formula is C18H21ClN2O3S. The standard InChI is InChI=1S/C18H21ClN2O3S/c1-12(2)24-17-7-6-15(10-16(17)19)11-20-21-25(22,23)18-8-5-13(3)9-14(18)4/h5-12,21H,1-4H3/b20-11+. The molecule has 2 aromatic rings. The van der Waals surface area contributed by atoms with Gasteiger partial charge in [0.05, 0.1) is 22.2 Å². The SMILES string of the molecule is Cc1ccc(S(=O)(=O)N/N=C/c2ccc(OC(C)C)c(Cl)c2)c(C)c1. The second kappa shape index (κ2) is 7.89. The van der Waals surface area contributed by atoms with Crippen LogP contribution in [0, 0.1) is 13.8 Å². The number of halogens is 1. The van der Waals surface area contributed by atoms with Crippen LogP contribution in [0.2, 0.25) is 5.02 Å². The van der Waals surface area contributed by atoms with Crippen molar-refractivity contribution in [1.82, 2.24) is 4.83 Å². The van der Waals surface area contributed by atoms with Crippen LogP contribution in [-0.2, 0) is 10.0 Å². The van der Waals surface area contributed by atoms with E-state index < -0.39 is 10.0 Å². The molecule has 2 aromatic carbocycles. The van der Waals surface area contributed by atoms with Crippen LogP contribution in [0.4, 0.5) is 0 Å². The molecule has 0 atom stereocenters. The summed E-state index contributed by atoms with van der Waals surface area (Å²) in [4.78, 5) is 2.42. The number of aryl methyl sites for hydroxylation is 2. The van der Waals surface area contributed by atoms with E-state index in [-0.39, 0.29) is 11.0 Å². The molecular weight excluding hydrogens is 360 g/mol. The van der Waals surface area contributed by atoms with E-state index >= 15 is 0 Å². The molecule has 0 amide bonds. The summed E-state index contributed by atoms with van der Waals surface area (Å²) in [6.45, 7) is 7.48. The highest BCUT2D eigenvalue weighted by molar-refractivity contribution is 7.89. The number of hydrazone groups is 1. The van der Waals surface area contributed by atoms with E-state index in [1.165, 1.54) is 6.21 Å². The zero-order valence-electron chi connectivity index (χ0n) is 14.6. The predicted molar refractivity (Wildman–Crippen MR) is 101 cm³/mol. The van der Waals surface area contributed by atoms with E-state index in [0.717, 1.165) is 5.56 Å². The molecule has 0 saturated heterocycles. The van der Waals surface area contributed by atoms with Gasteiger partial charge >= 0.3 is 0 Å². The molecule has 0 heterocycles. The molecule has 1 N–H and O–H groups in total. The zero-order chi connectivity index (χ0) is 18.6. The number of sulfonamides is 1. The van der Waals surface area contributed by atoms with Crippen LogP contribution in [0.1, 0.15) is 30.5 Å². The Morgan fingerprint density at radius 2 is 1.88 bits per heavy atom. The van der Waals surface area contributed by atoms with E-state index in [1.807, 2.05) is 26.8 Å². The highest BCUT2D eigenvalue weighted by atomic mass is 35.5. The first-order valence-electron chi connectivity index (χ1n) is 7.77. The van der Waals surface area contributed by atoms with Crippen LogP contribution >= 0.6 is 11.6 Å². The number of nitrogens with one attached hydrogen (secondary N) is 1. The fraction of sp³-hybridized carbons (Fsp3) is 0.278. The Bertz CT molecular complexity index is 893. The van der Waals surface area contributed by atoms with Crippen LogP contribution in [0.25, 0.3) is 0 Å². The van der Waals surface area contributed by atoms with Gasteiger partial charge in [0.2, 0.25) is 0 Å². The molecule has 0 aliphatic heterocycles. The van der Waals surface area contributed by atoms with Crippen LogP contribution < -0.4 is 9.57 Å². The van der Waals surface area contributed by atoms with Crippen molar-refractivity contribution in [2.75, 3.05) is 0 Å². The molecule has 0 aliphatic carbocycles. The Hall–Kier alpha value is -2.05. The Morgan fingerprint density at radius 1 is 1.16 bits per heavy atom. The van der Waals surface area contributed by atoms with Crippen molar-refractivity contribution in [3.63, 3.8) is 0 Å². The van der Waals surface area contributed by atoms with E-state index in [1.54, 1.807) is 37.3 Å². The maximum Gasteiger partial charge on any atom is 0.276 e. The van der Waals surface area contributed by atoms with Crippen molar-refractivity contribution in [2.24, 2.45) is 5.10 Å². The molecule has 0 aliphatic rings. The number of hydrogen-bond donors (Lipinski definition) is 1. The molecule has 25 heavy (non-hydrogen) atoms. The van der Waals surface area contributed by atoms with Gasteiger partial charge in [-0.1, -0.05) is 29.3 Å². The Balaban J connectivity index is 2.13. The van der Waals surface area contributed by atoms with Crippen molar-refractivity contribution in [3.05, 3.63) is 58.1 Å². The summed E-state index contributed by atoms with van der Waals surface area (Å²) in [7, 11) is -3.72. The third kappa shape index (κ3) is 5.21. The third-order valence-electron chi connectivity index (χ3n) is 3.33. The molecule has 0 bridgehead atoms. The van der Waals surface area contributed by atoms with Crippen molar-refractivity contribution < 1.29 is 13.2 Å². The second-order valence-corrected chi connectivity index (χ2v) is 8.01. The van der Waals surface area contributed by atoms with Gasteiger partial charge < -0.3 is 4.74 Å².